The van der Waals surface area contributed by atoms with E-state index in [2.05, 4.69) is 16.7 Å². The van der Waals surface area contributed by atoms with Crippen LogP contribution in [0.15, 0.2) is 24.3 Å². The molecule has 5 heteroatoms. The number of benzene rings is 1. The molecule has 3 rings (SSSR count). The van der Waals surface area contributed by atoms with Crippen molar-refractivity contribution in [2.24, 2.45) is 0 Å². The Morgan fingerprint density at radius 2 is 2.40 bits per heavy atom. The third-order valence-corrected chi connectivity index (χ3v) is 4.64. The van der Waals surface area contributed by atoms with E-state index in [0.29, 0.717) is 10.4 Å². The lowest BCUT2D eigenvalue weighted by atomic mass is 10.1. The van der Waals surface area contributed by atoms with Crippen LogP contribution in [0.25, 0.3) is 10.1 Å². The predicted molar refractivity (Wildman–Crippen MR) is 79.9 cm³/mol. The highest BCUT2D eigenvalue weighted by atomic mass is 32.1. The minimum atomic E-state index is -0.0382. The first-order valence-corrected chi connectivity index (χ1v) is 7.54. The number of amides is 1. The number of rotatable bonds is 2. The zero-order chi connectivity index (χ0) is 13.9. The summed E-state index contributed by atoms with van der Waals surface area (Å²) in [5.41, 5.74) is 0.622. The van der Waals surface area contributed by atoms with Crippen LogP contribution in [0.3, 0.4) is 0 Å². The number of carbonyl (C=O) groups excluding carboxylic acids is 1. The molecule has 0 spiro atoms. The first-order valence-electron chi connectivity index (χ1n) is 6.72. The van der Waals surface area contributed by atoms with Gasteiger partial charge >= 0.3 is 0 Å². The Morgan fingerprint density at radius 1 is 1.50 bits per heavy atom. The van der Waals surface area contributed by atoms with Crippen LogP contribution in [-0.4, -0.2) is 25.0 Å². The predicted octanol–water partition coefficient (Wildman–Crippen LogP) is 2.25. The molecule has 0 radical (unpaired) electrons. The zero-order valence-electron chi connectivity index (χ0n) is 11.0. The summed E-state index contributed by atoms with van der Waals surface area (Å²) in [4.78, 5) is 12.9. The molecule has 1 amide bonds. The highest BCUT2D eigenvalue weighted by Crippen LogP contribution is 2.28. The molecule has 1 saturated heterocycles. The van der Waals surface area contributed by atoms with E-state index in [4.69, 9.17) is 5.26 Å². The van der Waals surface area contributed by atoms with Crippen molar-refractivity contribution < 1.29 is 4.79 Å². The summed E-state index contributed by atoms with van der Waals surface area (Å²) < 4.78 is 0.982. The van der Waals surface area contributed by atoms with Crippen molar-refractivity contribution >= 4 is 27.3 Å². The molecular formula is C15H15N3OS. The van der Waals surface area contributed by atoms with Crippen LogP contribution in [0, 0.1) is 11.3 Å². The standard InChI is InChI=1S/C15H15N3OS/c16-8-10-3-1-5-13-12(10)7-14(20-13)15(19)18-11-4-2-6-17-9-11/h1,3,5,7,11,17H,2,4,6,9H2,(H,18,19)/t11-/m1/s1. The van der Waals surface area contributed by atoms with E-state index in [-0.39, 0.29) is 11.9 Å². The van der Waals surface area contributed by atoms with Gasteiger partial charge in [-0.05, 0) is 37.6 Å². The summed E-state index contributed by atoms with van der Waals surface area (Å²) in [7, 11) is 0. The maximum atomic E-state index is 12.3. The Kier molecular flexibility index (Phi) is 3.68. The van der Waals surface area contributed by atoms with Gasteiger partial charge in [0.15, 0.2) is 0 Å². The fraction of sp³-hybridized carbons (Fsp3) is 0.333. The Hall–Kier alpha value is -1.90. The van der Waals surface area contributed by atoms with Gasteiger partial charge in [0.2, 0.25) is 0 Å². The van der Waals surface area contributed by atoms with Crippen LogP contribution in [0.2, 0.25) is 0 Å². The number of thiophene rings is 1. The van der Waals surface area contributed by atoms with Crippen molar-refractivity contribution in [1.29, 1.82) is 5.26 Å². The second-order valence-corrected chi connectivity index (χ2v) is 6.04. The number of nitriles is 1. The van der Waals surface area contributed by atoms with E-state index in [1.54, 1.807) is 6.07 Å². The van der Waals surface area contributed by atoms with E-state index >= 15 is 0 Å². The Balaban J connectivity index is 1.83. The lowest BCUT2D eigenvalue weighted by Gasteiger charge is -2.23. The molecule has 102 valence electrons. The Bertz CT molecular complexity index is 680. The molecule has 1 atom stereocenters. The third-order valence-electron chi connectivity index (χ3n) is 3.54. The van der Waals surface area contributed by atoms with E-state index < -0.39 is 0 Å². The van der Waals surface area contributed by atoms with Gasteiger partial charge in [-0.2, -0.15) is 5.26 Å². The highest BCUT2D eigenvalue weighted by Gasteiger charge is 2.18. The highest BCUT2D eigenvalue weighted by molar-refractivity contribution is 7.20. The van der Waals surface area contributed by atoms with Gasteiger partial charge < -0.3 is 10.6 Å². The Morgan fingerprint density at radius 3 is 3.15 bits per heavy atom. The molecule has 0 bridgehead atoms. The van der Waals surface area contributed by atoms with Crippen molar-refractivity contribution in [1.82, 2.24) is 10.6 Å². The average Bonchev–Trinajstić information content (AvgIpc) is 2.92. The maximum Gasteiger partial charge on any atom is 0.261 e. The van der Waals surface area contributed by atoms with Crippen molar-refractivity contribution in [3.63, 3.8) is 0 Å². The van der Waals surface area contributed by atoms with Crippen LogP contribution in [-0.2, 0) is 0 Å². The van der Waals surface area contributed by atoms with Crippen molar-refractivity contribution in [3.8, 4) is 6.07 Å². The minimum Gasteiger partial charge on any atom is -0.347 e. The smallest absolute Gasteiger partial charge is 0.261 e. The van der Waals surface area contributed by atoms with Crippen LogP contribution < -0.4 is 10.6 Å². The molecule has 1 aromatic carbocycles. The van der Waals surface area contributed by atoms with Gasteiger partial charge in [0.1, 0.15) is 0 Å². The minimum absolute atomic E-state index is 0.0382. The third kappa shape index (κ3) is 2.53. The topological polar surface area (TPSA) is 64.9 Å². The van der Waals surface area contributed by atoms with Crippen molar-refractivity contribution in [2.75, 3.05) is 13.1 Å². The van der Waals surface area contributed by atoms with Crippen molar-refractivity contribution in [3.05, 3.63) is 34.7 Å². The van der Waals surface area contributed by atoms with Crippen molar-refractivity contribution in [2.45, 2.75) is 18.9 Å². The van der Waals surface area contributed by atoms with Gasteiger partial charge in [-0.1, -0.05) is 6.07 Å². The molecule has 2 heterocycles. The Labute approximate surface area is 121 Å². The molecule has 1 aliphatic rings. The fourth-order valence-corrected chi connectivity index (χ4v) is 3.49. The summed E-state index contributed by atoms with van der Waals surface area (Å²) in [5, 5.41) is 16.3. The molecule has 0 aliphatic carbocycles. The maximum absolute atomic E-state index is 12.3. The second kappa shape index (κ2) is 5.61. The van der Waals surface area contributed by atoms with E-state index in [1.807, 2.05) is 18.2 Å². The van der Waals surface area contributed by atoms with Gasteiger partial charge in [0.25, 0.3) is 5.91 Å². The van der Waals surface area contributed by atoms with E-state index in [1.165, 1.54) is 11.3 Å². The molecule has 1 fully saturated rings. The number of nitrogens with zero attached hydrogens (tertiary/aromatic N) is 1. The zero-order valence-corrected chi connectivity index (χ0v) is 11.8. The van der Waals surface area contributed by atoms with Gasteiger partial charge in [0, 0.05) is 22.7 Å². The normalized spacial score (nSPS) is 18.6. The number of hydrogen-bond donors (Lipinski definition) is 2. The number of nitrogens with one attached hydrogen (secondary N) is 2. The van der Waals surface area contributed by atoms with Crippen LogP contribution in [0.5, 0.6) is 0 Å². The van der Waals surface area contributed by atoms with Gasteiger partial charge in [-0.3, -0.25) is 4.79 Å². The van der Waals surface area contributed by atoms with Gasteiger partial charge in [-0.25, -0.2) is 0 Å². The second-order valence-electron chi connectivity index (χ2n) is 4.96. The van der Waals surface area contributed by atoms with Crippen LogP contribution in [0.1, 0.15) is 28.1 Å². The lowest BCUT2D eigenvalue weighted by Crippen LogP contribution is -2.45. The van der Waals surface area contributed by atoms with E-state index in [0.717, 1.165) is 36.0 Å². The number of hydrogen-bond acceptors (Lipinski definition) is 4. The average molecular weight is 285 g/mol. The van der Waals surface area contributed by atoms with Crippen LogP contribution >= 0.6 is 11.3 Å². The molecule has 1 aromatic heterocycles. The lowest BCUT2D eigenvalue weighted by molar-refractivity contribution is 0.0935. The summed E-state index contributed by atoms with van der Waals surface area (Å²) >= 11 is 1.44. The number of fused-ring (bicyclic) bond motifs is 1. The quantitative estimate of drug-likeness (QED) is 0.889. The monoisotopic (exact) mass is 285 g/mol. The molecule has 2 N–H and O–H groups in total. The van der Waals surface area contributed by atoms with Gasteiger partial charge in [-0.15, -0.1) is 11.3 Å². The summed E-state index contributed by atoms with van der Waals surface area (Å²) in [5.74, 6) is -0.0382. The molecule has 0 saturated carbocycles. The fourth-order valence-electron chi connectivity index (χ4n) is 2.50. The first kappa shape index (κ1) is 13.1. The number of piperidine rings is 1. The van der Waals surface area contributed by atoms with Crippen LogP contribution in [0.4, 0.5) is 0 Å². The molecule has 0 unspecified atom stereocenters. The molecular weight excluding hydrogens is 270 g/mol. The SMILES string of the molecule is N#Cc1cccc2sc(C(=O)N[C@@H]3CCCNC3)cc12. The summed E-state index contributed by atoms with van der Waals surface area (Å²) in [6, 6.07) is 9.77. The molecule has 20 heavy (non-hydrogen) atoms. The summed E-state index contributed by atoms with van der Waals surface area (Å²) in [6.45, 7) is 1.86. The van der Waals surface area contributed by atoms with Gasteiger partial charge in [0.05, 0.1) is 16.5 Å². The molecule has 2 aromatic rings. The van der Waals surface area contributed by atoms with E-state index in [9.17, 15) is 4.79 Å². The number of carbonyl (C=O) groups is 1. The molecule has 4 nitrogen and oxygen atoms in total. The first-order chi connectivity index (χ1) is 9.78. The summed E-state index contributed by atoms with van der Waals surface area (Å²) in [6.07, 6.45) is 2.11. The largest absolute Gasteiger partial charge is 0.347 e. The molecule has 1 aliphatic heterocycles.